The smallest absolute Gasteiger partial charge is 0.314 e. The number of sulfone groups is 1. The van der Waals surface area contributed by atoms with Gasteiger partial charge in [0.2, 0.25) is 0 Å². The molecule has 0 aliphatic heterocycles. The minimum Gasteiger partial charge on any atom is -0.481 e. The molecule has 1 aliphatic rings. The number of benzene rings is 2. The highest BCUT2D eigenvalue weighted by molar-refractivity contribution is 7.92. The van der Waals surface area contributed by atoms with Gasteiger partial charge in [-0.1, -0.05) is 35.3 Å². The van der Waals surface area contributed by atoms with E-state index in [4.69, 9.17) is 23.2 Å². The molecule has 5 nitrogen and oxygen atoms in total. The first kappa shape index (κ1) is 18.2. The van der Waals surface area contributed by atoms with Gasteiger partial charge < -0.3 is 10.2 Å². The van der Waals surface area contributed by atoms with E-state index in [9.17, 15) is 23.4 Å². The molecule has 0 bridgehead atoms. The van der Waals surface area contributed by atoms with E-state index < -0.39 is 39.0 Å². The number of carboxylic acids is 1. The van der Waals surface area contributed by atoms with Crippen LogP contribution in [0.15, 0.2) is 53.4 Å². The summed E-state index contributed by atoms with van der Waals surface area (Å²) < 4.78 is 26.0. The van der Waals surface area contributed by atoms with Crippen molar-refractivity contribution in [1.29, 1.82) is 0 Å². The van der Waals surface area contributed by atoms with E-state index in [-0.39, 0.29) is 4.90 Å². The van der Waals surface area contributed by atoms with Crippen LogP contribution in [-0.2, 0) is 14.6 Å². The Labute approximate surface area is 154 Å². The third-order valence-electron chi connectivity index (χ3n) is 4.62. The van der Waals surface area contributed by atoms with Crippen LogP contribution in [0.25, 0.3) is 0 Å². The van der Waals surface area contributed by atoms with Crippen LogP contribution in [0.4, 0.5) is 0 Å². The van der Waals surface area contributed by atoms with Gasteiger partial charge >= 0.3 is 5.97 Å². The molecular formula is C17H14Cl2O5S. The minimum absolute atomic E-state index is 0.0301. The number of halogens is 2. The lowest BCUT2D eigenvalue weighted by atomic mass is 10.0. The summed E-state index contributed by atoms with van der Waals surface area (Å²) >= 11 is 11.6. The lowest BCUT2D eigenvalue weighted by molar-refractivity contribution is -0.145. The number of rotatable bonds is 5. The predicted molar refractivity (Wildman–Crippen MR) is 93.8 cm³/mol. The Morgan fingerprint density at radius 3 is 1.92 bits per heavy atom. The fourth-order valence-electron chi connectivity index (χ4n) is 3.28. The zero-order valence-corrected chi connectivity index (χ0v) is 15.1. The van der Waals surface area contributed by atoms with Crippen molar-refractivity contribution in [3.63, 3.8) is 0 Å². The van der Waals surface area contributed by atoms with Gasteiger partial charge in [0, 0.05) is 16.0 Å². The maximum atomic E-state index is 13.0. The Bertz CT molecular complexity index is 909. The van der Waals surface area contributed by atoms with Gasteiger partial charge in [-0.2, -0.15) is 0 Å². The van der Waals surface area contributed by atoms with E-state index in [1.165, 1.54) is 24.3 Å². The third-order valence-corrected chi connectivity index (χ3v) is 7.42. The number of carboxylic acid groups (broad SMARTS) is 1. The normalized spacial score (nSPS) is 25.6. The number of aliphatic carboxylic acids is 1. The Hall–Kier alpha value is -1.60. The second-order valence-corrected chi connectivity index (χ2v) is 8.89. The Morgan fingerprint density at radius 1 is 1.00 bits per heavy atom. The highest BCUT2D eigenvalue weighted by atomic mass is 35.5. The standard InChI is InChI=1S/C17H14Cl2O5S/c18-11-3-1-10(2-4-11)14-15(17(14,9-20)16(21)22)25(23,24)13-7-5-12(19)6-8-13/h1-8,14-15,20H,9H2,(H,21,22)/t14-,15+,17+/m1/s1. The molecule has 0 unspecified atom stereocenters. The molecule has 3 atom stereocenters. The number of hydrogen-bond acceptors (Lipinski definition) is 4. The first-order valence-electron chi connectivity index (χ1n) is 7.34. The lowest BCUT2D eigenvalue weighted by Gasteiger charge is -2.09. The number of carbonyl (C=O) groups is 1. The summed E-state index contributed by atoms with van der Waals surface area (Å²) in [6.07, 6.45) is 0. The minimum atomic E-state index is -3.99. The van der Waals surface area contributed by atoms with E-state index in [0.29, 0.717) is 15.6 Å². The van der Waals surface area contributed by atoms with Crippen LogP contribution in [0.3, 0.4) is 0 Å². The molecule has 1 aliphatic carbocycles. The number of aliphatic hydroxyl groups excluding tert-OH is 1. The van der Waals surface area contributed by atoms with Gasteiger partial charge in [-0.3, -0.25) is 4.79 Å². The van der Waals surface area contributed by atoms with Gasteiger partial charge in [0.05, 0.1) is 16.8 Å². The molecule has 0 aromatic heterocycles. The van der Waals surface area contributed by atoms with Crippen LogP contribution >= 0.6 is 23.2 Å². The third kappa shape index (κ3) is 2.83. The van der Waals surface area contributed by atoms with Crippen molar-refractivity contribution in [1.82, 2.24) is 0 Å². The van der Waals surface area contributed by atoms with Gasteiger partial charge in [0.1, 0.15) is 5.41 Å². The molecule has 132 valence electrons. The van der Waals surface area contributed by atoms with E-state index >= 15 is 0 Å². The highest BCUT2D eigenvalue weighted by Gasteiger charge is 2.75. The van der Waals surface area contributed by atoms with Crippen molar-refractivity contribution >= 4 is 39.0 Å². The molecule has 0 spiro atoms. The number of aliphatic hydroxyl groups is 1. The monoisotopic (exact) mass is 400 g/mol. The largest absolute Gasteiger partial charge is 0.481 e. The molecule has 1 saturated carbocycles. The molecule has 0 heterocycles. The first-order valence-corrected chi connectivity index (χ1v) is 9.64. The zero-order chi connectivity index (χ0) is 18.4. The molecule has 2 aromatic rings. The molecule has 8 heteroatoms. The molecule has 0 saturated heterocycles. The van der Waals surface area contributed by atoms with Crippen LogP contribution in [0.2, 0.25) is 10.0 Å². The summed E-state index contributed by atoms with van der Waals surface area (Å²) in [5.74, 6) is -2.22. The van der Waals surface area contributed by atoms with Crippen molar-refractivity contribution < 1.29 is 23.4 Å². The van der Waals surface area contributed by atoms with Crippen LogP contribution in [-0.4, -0.2) is 36.5 Å². The second kappa shape index (κ2) is 6.29. The quantitative estimate of drug-likeness (QED) is 0.804. The van der Waals surface area contributed by atoms with E-state index in [1.807, 2.05) is 0 Å². The van der Waals surface area contributed by atoms with Crippen LogP contribution in [0, 0.1) is 5.41 Å². The van der Waals surface area contributed by atoms with Crippen LogP contribution in [0.5, 0.6) is 0 Å². The van der Waals surface area contributed by atoms with E-state index in [2.05, 4.69) is 0 Å². The topological polar surface area (TPSA) is 91.7 Å². The molecule has 2 aromatic carbocycles. The van der Waals surface area contributed by atoms with Gasteiger partial charge in [-0.15, -0.1) is 0 Å². The summed E-state index contributed by atoms with van der Waals surface area (Å²) in [4.78, 5) is 11.8. The zero-order valence-electron chi connectivity index (χ0n) is 12.8. The lowest BCUT2D eigenvalue weighted by Crippen LogP contribution is -2.27. The maximum Gasteiger partial charge on any atom is 0.314 e. The Balaban J connectivity index is 2.10. The summed E-state index contributed by atoms with van der Waals surface area (Å²) in [6.45, 7) is -0.785. The Kier molecular flexibility index (Phi) is 4.58. The van der Waals surface area contributed by atoms with Gasteiger partial charge in [-0.25, -0.2) is 8.42 Å². The van der Waals surface area contributed by atoms with Crippen molar-refractivity contribution in [2.45, 2.75) is 16.1 Å². The maximum absolute atomic E-state index is 13.0. The molecule has 0 amide bonds. The first-order chi connectivity index (χ1) is 11.7. The van der Waals surface area contributed by atoms with Gasteiger partial charge in [0.15, 0.2) is 9.84 Å². The van der Waals surface area contributed by atoms with Crippen molar-refractivity contribution in [3.8, 4) is 0 Å². The predicted octanol–water partition coefficient (Wildman–Crippen LogP) is 3.00. The fourth-order valence-corrected chi connectivity index (χ4v) is 5.90. The summed E-state index contributed by atoms with van der Waals surface area (Å²) in [6, 6.07) is 11.8. The second-order valence-electron chi connectivity index (χ2n) is 5.95. The molecule has 25 heavy (non-hydrogen) atoms. The fraction of sp³-hybridized carbons (Fsp3) is 0.235. The molecule has 2 N–H and O–H groups in total. The highest BCUT2D eigenvalue weighted by Crippen LogP contribution is 2.64. The SMILES string of the molecule is O=C(O)[C@@]1(CO)[C@H](c2ccc(Cl)cc2)[C@@H]1S(=O)(=O)c1ccc(Cl)cc1. The molecule has 1 fully saturated rings. The van der Waals surface area contributed by atoms with Crippen molar-refractivity contribution in [2.75, 3.05) is 6.61 Å². The molecule has 0 radical (unpaired) electrons. The average molecular weight is 401 g/mol. The van der Waals surface area contributed by atoms with E-state index in [1.54, 1.807) is 24.3 Å². The van der Waals surface area contributed by atoms with Crippen molar-refractivity contribution in [2.24, 2.45) is 5.41 Å². The summed E-state index contributed by atoms with van der Waals surface area (Å²) in [7, 11) is -3.99. The van der Waals surface area contributed by atoms with E-state index in [0.717, 1.165) is 0 Å². The van der Waals surface area contributed by atoms with Crippen LogP contribution in [0.1, 0.15) is 11.5 Å². The summed E-state index contributed by atoms with van der Waals surface area (Å²) in [5.41, 5.74) is -1.28. The average Bonchev–Trinajstić information content (AvgIpc) is 3.27. The molecular weight excluding hydrogens is 387 g/mol. The molecule has 3 rings (SSSR count). The van der Waals surface area contributed by atoms with Gasteiger partial charge in [-0.05, 0) is 42.0 Å². The Morgan fingerprint density at radius 2 is 1.48 bits per heavy atom. The summed E-state index contributed by atoms with van der Waals surface area (Å²) in [5, 5.41) is 18.9. The van der Waals surface area contributed by atoms with Crippen molar-refractivity contribution in [3.05, 3.63) is 64.1 Å². The van der Waals surface area contributed by atoms with Crippen LogP contribution < -0.4 is 0 Å². The van der Waals surface area contributed by atoms with Gasteiger partial charge in [0.25, 0.3) is 0 Å². The number of hydrogen-bond donors (Lipinski definition) is 2.